The number of carbonyl (C=O) groups excluding carboxylic acids is 1. The van der Waals surface area contributed by atoms with Crippen LogP contribution in [0.3, 0.4) is 0 Å². The van der Waals surface area contributed by atoms with Gasteiger partial charge in [0.2, 0.25) is 5.91 Å². The number of hydrogen-bond donors (Lipinski definition) is 1. The highest BCUT2D eigenvalue weighted by atomic mass is 32.1. The summed E-state index contributed by atoms with van der Waals surface area (Å²) < 4.78 is 1.13. The maximum atomic E-state index is 11.6. The van der Waals surface area contributed by atoms with E-state index in [9.17, 15) is 4.79 Å². The number of anilines is 1. The molecule has 2 rings (SSSR count). The smallest absolute Gasteiger partial charge is 0.228 e. The lowest BCUT2D eigenvalue weighted by Crippen LogP contribution is -2.17. The third-order valence-corrected chi connectivity index (χ3v) is 3.57. The van der Waals surface area contributed by atoms with E-state index in [1.54, 1.807) is 0 Å². The number of aryl methyl sites for hydroxylation is 1. The molecular weight excluding hydrogens is 232 g/mol. The van der Waals surface area contributed by atoms with Crippen LogP contribution < -0.4 is 5.32 Å². The molecule has 0 aliphatic heterocycles. The molecule has 0 spiro atoms. The minimum absolute atomic E-state index is 0.0158. The van der Waals surface area contributed by atoms with Crippen molar-refractivity contribution in [2.75, 3.05) is 5.32 Å². The number of benzene rings is 1. The largest absolute Gasteiger partial charge is 0.302 e. The van der Waals surface area contributed by atoms with Crippen LogP contribution >= 0.6 is 11.3 Å². The first kappa shape index (κ1) is 12.0. The van der Waals surface area contributed by atoms with Gasteiger partial charge in [-0.15, -0.1) is 0 Å². The van der Waals surface area contributed by atoms with Gasteiger partial charge in [-0.25, -0.2) is 4.98 Å². The average Bonchev–Trinajstić information content (AvgIpc) is 2.70. The van der Waals surface area contributed by atoms with E-state index in [-0.39, 0.29) is 11.8 Å². The zero-order valence-electron chi connectivity index (χ0n) is 10.3. The van der Waals surface area contributed by atoms with Crippen molar-refractivity contribution in [1.29, 1.82) is 0 Å². The molecule has 3 nitrogen and oxygen atoms in total. The molecule has 17 heavy (non-hydrogen) atoms. The summed E-state index contributed by atoms with van der Waals surface area (Å²) in [5.74, 6) is -0.00485. The number of fused-ring (bicyclic) bond motifs is 1. The fourth-order valence-electron chi connectivity index (χ4n) is 1.59. The van der Waals surface area contributed by atoms with Gasteiger partial charge in [0, 0.05) is 5.92 Å². The summed E-state index contributed by atoms with van der Waals surface area (Å²) in [6, 6.07) is 6.15. The molecule has 0 aliphatic rings. The van der Waals surface area contributed by atoms with Gasteiger partial charge in [0.15, 0.2) is 5.13 Å². The molecule has 4 heteroatoms. The number of carbonyl (C=O) groups is 1. The molecule has 1 N–H and O–H groups in total. The van der Waals surface area contributed by atoms with Gasteiger partial charge in [-0.2, -0.15) is 0 Å². The quantitative estimate of drug-likeness (QED) is 0.904. The number of nitrogens with one attached hydrogen (secondary N) is 1. The van der Waals surface area contributed by atoms with E-state index >= 15 is 0 Å². The van der Waals surface area contributed by atoms with E-state index < -0.39 is 0 Å². The highest BCUT2D eigenvalue weighted by molar-refractivity contribution is 7.22. The number of thiazole rings is 1. The van der Waals surface area contributed by atoms with Crippen molar-refractivity contribution in [3.63, 3.8) is 0 Å². The average molecular weight is 248 g/mol. The van der Waals surface area contributed by atoms with Crippen LogP contribution in [0.1, 0.15) is 26.3 Å². The van der Waals surface area contributed by atoms with Crippen LogP contribution in [0.4, 0.5) is 5.13 Å². The van der Waals surface area contributed by atoms with E-state index in [4.69, 9.17) is 0 Å². The van der Waals surface area contributed by atoms with E-state index in [0.29, 0.717) is 5.13 Å². The van der Waals surface area contributed by atoms with Crippen LogP contribution in [0.25, 0.3) is 10.2 Å². The lowest BCUT2D eigenvalue weighted by atomic mass is 10.1. The normalized spacial score (nSPS) is 11.1. The maximum absolute atomic E-state index is 11.6. The standard InChI is InChI=1S/C13H16N2OS/c1-4-9-6-5-7-10-11(9)14-13(17-10)15-12(16)8(2)3/h5-8H,4H2,1-3H3,(H,14,15,16). The van der Waals surface area contributed by atoms with Crippen molar-refractivity contribution < 1.29 is 4.79 Å². The van der Waals surface area contributed by atoms with Crippen LogP contribution in [0, 0.1) is 5.92 Å². The highest BCUT2D eigenvalue weighted by Gasteiger charge is 2.11. The van der Waals surface area contributed by atoms with Crippen molar-refractivity contribution in [2.24, 2.45) is 5.92 Å². The number of amides is 1. The van der Waals surface area contributed by atoms with E-state index in [1.807, 2.05) is 26.0 Å². The monoisotopic (exact) mass is 248 g/mol. The first-order valence-electron chi connectivity index (χ1n) is 5.81. The molecule has 0 unspecified atom stereocenters. The van der Waals surface area contributed by atoms with Gasteiger partial charge in [-0.3, -0.25) is 4.79 Å². The van der Waals surface area contributed by atoms with Crippen molar-refractivity contribution >= 4 is 32.6 Å². The maximum Gasteiger partial charge on any atom is 0.228 e. The molecule has 0 radical (unpaired) electrons. The van der Waals surface area contributed by atoms with Crippen molar-refractivity contribution in [2.45, 2.75) is 27.2 Å². The zero-order chi connectivity index (χ0) is 12.4. The Labute approximate surface area is 105 Å². The van der Waals surface area contributed by atoms with Crippen molar-refractivity contribution in [3.8, 4) is 0 Å². The molecule has 0 fully saturated rings. The molecule has 0 atom stereocenters. The van der Waals surface area contributed by atoms with E-state index in [1.165, 1.54) is 16.9 Å². The van der Waals surface area contributed by atoms with Crippen LogP contribution in [-0.2, 0) is 11.2 Å². The molecular formula is C13H16N2OS. The second kappa shape index (κ2) is 4.84. The Morgan fingerprint density at radius 3 is 2.88 bits per heavy atom. The van der Waals surface area contributed by atoms with Gasteiger partial charge in [0.1, 0.15) is 0 Å². The number of hydrogen-bond acceptors (Lipinski definition) is 3. The minimum Gasteiger partial charge on any atom is -0.302 e. The summed E-state index contributed by atoms with van der Waals surface area (Å²) >= 11 is 1.53. The van der Waals surface area contributed by atoms with Crippen molar-refractivity contribution in [1.82, 2.24) is 4.98 Å². The van der Waals surface area contributed by atoms with Gasteiger partial charge in [0.25, 0.3) is 0 Å². The number of aromatic nitrogens is 1. The zero-order valence-corrected chi connectivity index (χ0v) is 11.1. The third kappa shape index (κ3) is 2.47. The predicted molar refractivity (Wildman–Crippen MR) is 72.5 cm³/mol. The summed E-state index contributed by atoms with van der Waals surface area (Å²) in [7, 11) is 0. The summed E-state index contributed by atoms with van der Waals surface area (Å²) in [6.07, 6.45) is 0.957. The van der Waals surface area contributed by atoms with Gasteiger partial charge in [0.05, 0.1) is 10.2 Å². The second-order valence-corrected chi connectivity index (χ2v) is 5.31. The SMILES string of the molecule is CCc1cccc2sc(NC(=O)C(C)C)nc12. The molecule has 90 valence electrons. The van der Waals surface area contributed by atoms with Gasteiger partial charge < -0.3 is 5.32 Å². The fraction of sp³-hybridized carbons (Fsp3) is 0.385. The molecule has 1 aromatic heterocycles. The van der Waals surface area contributed by atoms with Crippen LogP contribution in [0.5, 0.6) is 0 Å². The predicted octanol–water partition coefficient (Wildman–Crippen LogP) is 3.45. The summed E-state index contributed by atoms with van der Waals surface area (Å²) in [5, 5.41) is 3.54. The first-order chi connectivity index (χ1) is 8.11. The molecule has 1 aromatic carbocycles. The Balaban J connectivity index is 2.35. The molecule has 0 bridgehead atoms. The summed E-state index contributed by atoms with van der Waals surface area (Å²) in [4.78, 5) is 16.1. The van der Waals surface area contributed by atoms with Crippen LogP contribution in [0.15, 0.2) is 18.2 Å². The van der Waals surface area contributed by atoms with Crippen molar-refractivity contribution in [3.05, 3.63) is 23.8 Å². The Morgan fingerprint density at radius 2 is 2.24 bits per heavy atom. The topological polar surface area (TPSA) is 42.0 Å². The fourth-order valence-corrected chi connectivity index (χ4v) is 2.51. The molecule has 1 amide bonds. The highest BCUT2D eigenvalue weighted by Crippen LogP contribution is 2.28. The number of nitrogens with zero attached hydrogens (tertiary/aromatic N) is 1. The van der Waals surface area contributed by atoms with Gasteiger partial charge in [-0.05, 0) is 18.1 Å². The van der Waals surface area contributed by atoms with E-state index in [0.717, 1.165) is 16.6 Å². The van der Waals surface area contributed by atoms with E-state index in [2.05, 4.69) is 23.3 Å². The Morgan fingerprint density at radius 1 is 1.47 bits per heavy atom. The lowest BCUT2D eigenvalue weighted by molar-refractivity contribution is -0.118. The molecule has 0 saturated heterocycles. The third-order valence-electron chi connectivity index (χ3n) is 2.64. The summed E-state index contributed by atoms with van der Waals surface area (Å²) in [5.41, 5.74) is 2.24. The van der Waals surface area contributed by atoms with Gasteiger partial charge in [-0.1, -0.05) is 44.2 Å². The van der Waals surface area contributed by atoms with Crippen LogP contribution in [0.2, 0.25) is 0 Å². The Kier molecular flexibility index (Phi) is 3.43. The first-order valence-corrected chi connectivity index (χ1v) is 6.62. The molecule has 0 aliphatic carbocycles. The van der Waals surface area contributed by atoms with Crippen LogP contribution in [-0.4, -0.2) is 10.9 Å². The Hall–Kier alpha value is -1.42. The Bertz CT molecular complexity index is 545. The number of rotatable bonds is 3. The summed E-state index contributed by atoms with van der Waals surface area (Å²) in [6.45, 7) is 5.86. The second-order valence-electron chi connectivity index (χ2n) is 4.28. The molecule has 2 aromatic rings. The lowest BCUT2D eigenvalue weighted by Gasteiger charge is -2.02. The van der Waals surface area contributed by atoms with Gasteiger partial charge >= 0.3 is 0 Å². The minimum atomic E-state index is -0.0207. The number of para-hydroxylation sites is 1. The molecule has 0 saturated carbocycles. The molecule has 1 heterocycles.